The Morgan fingerprint density at radius 1 is 1.26 bits per heavy atom. The second-order valence-electron chi connectivity index (χ2n) is 6.07. The van der Waals surface area contributed by atoms with Gasteiger partial charge in [-0.2, -0.15) is 0 Å². The molecule has 1 aromatic rings. The Morgan fingerprint density at radius 2 is 2.00 bits per heavy atom. The Morgan fingerprint density at radius 3 is 2.65 bits per heavy atom. The highest BCUT2D eigenvalue weighted by Gasteiger charge is 2.35. The third-order valence-corrected chi connectivity index (χ3v) is 4.44. The fraction of sp³-hybridized carbons (Fsp3) is 0.611. The first-order valence-electron chi connectivity index (χ1n) is 8.36. The molecule has 2 atom stereocenters. The van der Waals surface area contributed by atoms with Crippen LogP contribution in [0.25, 0.3) is 0 Å². The molecule has 0 spiro atoms. The van der Waals surface area contributed by atoms with Gasteiger partial charge in [-0.25, -0.2) is 0 Å². The molecule has 1 aliphatic heterocycles. The molecule has 0 radical (unpaired) electrons. The van der Waals surface area contributed by atoms with Crippen molar-refractivity contribution in [1.82, 2.24) is 4.90 Å². The van der Waals surface area contributed by atoms with E-state index in [0.717, 1.165) is 25.9 Å². The Labute approximate surface area is 145 Å². The molecule has 1 heterocycles. The quantitative estimate of drug-likeness (QED) is 0.740. The molecule has 2 rings (SSSR count). The molecule has 1 amide bonds. The zero-order chi connectivity index (χ0) is 15.8. The van der Waals surface area contributed by atoms with Gasteiger partial charge in [-0.05, 0) is 24.4 Å². The van der Waals surface area contributed by atoms with Gasteiger partial charge in [0.2, 0.25) is 5.91 Å². The minimum Gasteiger partial charge on any atom is -0.372 e. The summed E-state index contributed by atoms with van der Waals surface area (Å²) in [7, 11) is 0. The minimum absolute atomic E-state index is 0. The van der Waals surface area contributed by atoms with Gasteiger partial charge < -0.3 is 15.4 Å². The lowest BCUT2D eigenvalue weighted by atomic mass is 9.89. The fourth-order valence-corrected chi connectivity index (χ4v) is 3.10. The zero-order valence-electron chi connectivity index (χ0n) is 13.9. The molecular formula is C18H29ClN2O2. The molecule has 0 aromatic heterocycles. The zero-order valence-corrected chi connectivity index (χ0v) is 14.8. The number of hydrogen-bond donors (Lipinski definition) is 1. The van der Waals surface area contributed by atoms with Gasteiger partial charge >= 0.3 is 0 Å². The van der Waals surface area contributed by atoms with Crippen molar-refractivity contribution in [3.63, 3.8) is 0 Å². The number of halogens is 1. The maximum atomic E-state index is 12.3. The molecule has 0 aliphatic carbocycles. The Bertz CT molecular complexity index is 456. The van der Waals surface area contributed by atoms with Crippen LogP contribution in [0.15, 0.2) is 30.3 Å². The van der Waals surface area contributed by atoms with E-state index in [2.05, 4.69) is 19.1 Å². The molecule has 1 saturated heterocycles. The number of ether oxygens (including phenoxy) is 1. The number of carbonyl (C=O) groups excluding carboxylic acids is 1. The number of nitrogens with two attached hydrogens (primary N) is 1. The number of amides is 1. The average Bonchev–Trinajstić information content (AvgIpc) is 3.00. The van der Waals surface area contributed by atoms with Crippen molar-refractivity contribution in [2.24, 2.45) is 11.7 Å². The number of hydrogen-bond acceptors (Lipinski definition) is 3. The first-order valence-corrected chi connectivity index (χ1v) is 8.36. The molecule has 0 unspecified atom stereocenters. The summed E-state index contributed by atoms with van der Waals surface area (Å²) in [4.78, 5) is 14.2. The van der Waals surface area contributed by atoms with Crippen molar-refractivity contribution in [1.29, 1.82) is 0 Å². The van der Waals surface area contributed by atoms with Crippen LogP contribution in [0, 0.1) is 5.92 Å². The van der Waals surface area contributed by atoms with E-state index in [4.69, 9.17) is 10.5 Å². The molecule has 5 heteroatoms. The van der Waals surface area contributed by atoms with Crippen LogP contribution in [0.2, 0.25) is 0 Å². The van der Waals surface area contributed by atoms with E-state index >= 15 is 0 Å². The highest BCUT2D eigenvalue weighted by atomic mass is 35.5. The largest absolute Gasteiger partial charge is 0.372 e. The highest BCUT2D eigenvalue weighted by Crippen LogP contribution is 2.31. The predicted molar refractivity (Wildman–Crippen MR) is 95.9 cm³/mol. The van der Waals surface area contributed by atoms with E-state index in [1.54, 1.807) is 0 Å². The first kappa shape index (κ1) is 19.9. The van der Waals surface area contributed by atoms with Crippen molar-refractivity contribution < 1.29 is 9.53 Å². The highest BCUT2D eigenvalue weighted by molar-refractivity contribution is 5.85. The number of nitrogens with zero attached hydrogens (tertiary/aromatic N) is 1. The van der Waals surface area contributed by atoms with Crippen LogP contribution in [-0.2, 0) is 9.53 Å². The van der Waals surface area contributed by atoms with Gasteiger partial charge in [0.05, 0.1) is 0 Å². The maximum absolute atomic E-state index is 12.3. The van der Waals surface area contributed by atoms with E-state index in [1.165, 1.54) is 12.0 Å². The van der Waals surface area contributed by atoms with Gasteiger partial charge in [-0.1, -0.05) is 50.1 Å². The van der Waals surface area contributed by atoms with Crippen LogP contribution in [0.1, 0.15) is 37.7 Å². The minimum atomic E-state index is 0. The molecule has 0 bridgehead atoms. The summed E-state index contributed by atoms with van der Waals surface area (Å²) >= 11 is 0. The van der Waals surface area contributed by atoms with Crippen LogP contribution in [0.5, 0.6) is 0 Å². The van der Waals surface area contributed by atoms with E-state index in [1.807, 2.05) is 23.1 Å². The molecule has 130 valence electrons. The summed E-state index contributed by atoms with van der Waals surface area (Å²) < 4.78 is 5.50. The fourth-order valence-electron chi connectivity index (χ4n) is 3.10. The average molecular weight is 341 g/mol. The summed E-state index contributed by atoms with van der Waals surface area (Å²) in [6, 6.07) is 10.4. The lowest BCUT2D eigenvalue weighted by molar-refractivity contribution is -0.135. The second-order valence-corrected chi connectivity index (χ2v) is 6.07. The topological polar surface area (TPSA) is 55.6 Å². The van der Waals surface area contributed by atoms with E-state index < -0.39 is 0 Å². The van der Waals surface area contributed by atoms with Crippen molar-refractivity contribution in [3.05, 3.63) is 35.9 Å². The molecule has 4 nitrogen and oxygen atoms in total. The van der Waals surface area contributed by atoms with Crippen LogP contribution in [0.4, 0.5) is 0 Å². The molecular weight excluding hydrogens is 312 g/mol. The molecule has 0 saturated carbocycles. The third kappa shape index (κ3) is 5.79. The molecule has 2 N–H and O–H groups in total. The van der Waals surface area contributed by atoms with Gasteiger partial charge in [0.1, 0.15) is 6.61 Å². The van der Waals surface area contributed by atoms with Crippen LogP contribution in [-0.4, -0.2) is 43.7 Å². The first-order chi connectivity index (χ1) is 10.8. The SMILES string of the molecule is CCCCCOCC(=O)N1C[C@@H](CN)[C@H](c2ccccc2)C1.Cl. The van der Waals surface area contributed by atoms with E-state index in [-0.39, 0.29) is 24.9 Å². The van der Waals surface area contributed by atoms with Gasteiger partial charge in [0.25, 0.3) is 0 Å². The van der Waals surface area contributed by atoms with Crippen LogP contribution < -0.4 is 5.73 Å². The summed E-state index contributed by atoms with van der Waals surface area (Å²) in [5, 5.41) is 0. The normalized spacial score (nSPS) is 20.3. The van der Waals surface area contributed by atoms with Crippen molar-refractivity contribution in [2.75, 3.05) is 32.8 Å². The number of unbranched alkanes of at least 4 members (excludes halogenated alkanes) is 2. The predicted octanol–water partition coefficient (Wildman–Crippen LogP) is 2.82. The number of benzene rings is 1. The lowest BCUT2D eigenvalue weighted by Gasteiger charge is -2.17. The summed E-state index contributed by atoms with van der Waals surface area (Å²) in [5.41, 5.74) is 7.18. The van der Waals surface area contributed by atoms with Crippen molar-refractivity contribution >= 4 is 18.3 Å². The summed E-state index contributed by atoms with van der Waals surface area (Å²) in [6.07, 6.45) is 3.35. The molecule has 23 heavy (non-hydrogen) atoms. The standard InChI is InChI=1S/C18H28N2O2.ClH/c1-2-3-7-10-22-14-18(21)20-12-16(11-19)17(13-20)15-8-5-4-6-9-15;/h4-6,8-9,16-17H,2-3,7,10-14,19H2,1H3;1H/t16-,17+;/m1./s1. The molecule has 1 aromatic carbocycles. The van der Waals surface area contributed by atoms with Gasteiger partial charge in [0.15, 0.2) is 0 Å². The number of likely N-dealkylation sites (tertiary alicyclic amines) is 1. The summed E-state index contributed by atoms with van der Waals surface area (Å²) in [6.45, 7) is 5.14. The smallest absolute Gasteiger partial charge is 0.248 e. The van der Waals surface area contributed by atoms with Crippen LogP contribution >= 0.6 is 12.4 Å². The second kappa shape index (κ2) is 10.6. The van der Waals surface area contributed by atoms with E-state index in [0.29, 0.717) is 25.0 Å². The summed E-state index contributed by atoms with van der Waals surface area (Å²) in [5.74, 6) is 0.773. The van der Waals surface area contributed by atoms with Crippen molar-refractivity contribution in [3.8, 4) is 0 Å². The maximum Gasteiger partial charge on any atom is 0.248 e. The number of rotatable bonds is 8. The monoisotopic (exact) mass is 340 g/mol. The van der Waals surface area contributed by atoms with Crippen molar-refractivity contribution in [2.45, 2.75) is 32.1 Å². The van der Waals surface area contributed by atoms with Gasteiger partial charge in [-0.3, -0.25) is 4.79 Å². The Kier molecular flexibility index (Phi) is 9.22. The van der Waals surface area contributed by atoms with E-state index in [9.17, 15) is 4.79 Å². The van der Waals surface area contributed by atoms with Gasteiger partial charge in [-0.15, -0.1) is 12.4 Å². The Hall–Kier alpha value is -1.10. The Balaban J connectivity index is 0.00000264. The lowest BCUT2D eigenvalue weighted by Crippen LogP contribution is -2.33. The third-order valence-electron chi connectivity index (χ3n) is 4.44. The molecule has 1 fully saturated rings. The molecule has 1 aliphatic rings. The van der Waals surface area contributed by atoms with Gasteiger partial charge in [0, 0.05) is 25.6 Å². The van der Waals surface area contributed by atoms with Crippen LogP contribution in [0.3, 0.4) is 0 Å². The number of carbonyl (C=O) groups is 1.